The van der Waals surface area contributed by atoms with Gasteiger partial charge in [-0.1, -0.05) is 12.1 Å². The van der Waals surface area contributed by atoms with Crippen molar-refractivity contribution in [1.29, 1.82) is 0 Å². The van der Waals surface area contributed by atoms with Crippen LogP contribution in [0.5, 0.6) is 0 Å². The van der Waals surface area contributed by atoms with Gasteiger partial charge in [0.1, 0.15) is 11.1 Å². The largest absolute Gasteiger partial charge is 0.515 e. The van der Waals surface area contributed by atoms with Crippen molar-refractivity contribution in [1.82, 2.24) is 4.98 Å². The van der Waals surface area contributed by atoms with Gasteiger partial charge in [-0.3, -0.25) is 4.79 Å². The predicted molar refractivity (Wildman–Crippen MR) is 66.3 cm³/mol. The molecule has 2 aromatic rings. The van der Waals surface area contributed by atoms with Crippen LogP contribution in [0.15, 0.2) is 34.9 Å². The number of nitrogens with zero attached hydrogens (tertiary/aromatic N) is 1. The lowest BCUT2D eigenvalue weighted by atomic mass is 10.2. The average molecular weight is 261 g/mol. The molecule has 2 rings (SSSR count). The summed E-state index contributed by atoms with van der Waals surface area (Å²) < 4.78 is 9.87. The molecule has 0 spiro atoms. The van der Waals surface area contributed by atoms with Crippen LogP contribution in [-0.2, 0) is 14.3 Å². The first-order valence-electron chi connectivity index (χ1n) is 5.59. The third-order valence-corrected chi connectivity index (χ3v) is 2.36. The Balaban J connectivity index is 2.37. The standard InChI is InChI=1S/C13H11NO5/c1-2-18-13(17)11(16)8(7-15)12-14-9-5-3-4-6-10(9)19-12/h3-7,15H,2H2,1H3/b8-7-. The molecule has 0 unspecified atom stereocenters. The summed E-state index contributed by atoms with van der Waals surface area (Å²) in [5.74, 6) is -2.19. The van der Waals surface area contributed by atoms with Crippen LogP contribution < -0.4 is 0 Å². The summed E-state index contributed by atoms with van der Waals surface area (Å²) in [6, 6.07) is 6.85. The number of aliphatic hydroxyl groups excluding tert-OH is 1. The number of esters is 1. The van der Waals surface area contributed by atoms with Crippen molar-refractivity contribution in [3.8, 4) is 0 Å². The first-order chi connectivity index (χ1) is 9.17. The number of rotatable bonds is 4. The van der Waals surface area contributed by atoms with E-state index >= 15 is 0 Å². The molecule has 6 nitrogen and oxygen atoms in total. The van der Waals surface area contributed by atoms with Gasteiger partial charge >= 0.3 is 5.97 Å². The molecular formula is C13H11NO5. The second-order valence-corrected chi connectivity index (χ2v) is 3.58. The smallest absolute Gasteiger partial charge is 0.380 e. The Labute approximate surface area is 108 Å². The molecule has 6 heteroatoms. The molecule has 0 saturated carbocycles. The molecule has 98 valence electrons. The van der Waals surface area contributed by atoms with E-state index in [4.69, 9.17) is 9.52 Å². The Morgan fingerprint density at radius 3 is 2.79 bits per heavy atom. The monoisotopic (exact) mass is 261 g/mol. The number of aliphatic hydroxyl groups is 1. The zero-order valence-corrected chi connectivity index (χ0v) is 10.1. The van der Waals surface area contributed by atoms with Gasteiger partial charge in [-0.25, -0.2) is 9.78 Å². The minimum Gasteiger partial charge on any atom is -0.515 e. The first kappa shape index (κ1) is 12.8. The van der Waals surface area contributed by atoms with Gasteiger partial charge in [0.2, 0.25) is 5.89 Å². The molecule has 0 amide bonds. The summed E-state index contributed by atoms with van der Waals surface area (Å²) in [4.78, 5) is 27.1. The number of hydrogen-bond acceptors (Lipinski definition) is 6. The predicted octanol–water partition coefficient (Wildman–Crippen LogP) is 1.86. The number of ketones is 1. The fraction of sp³-hybridized carbons (Fsp3) is 0.154. The van der Waals surface area contributed by atoms with Crippen molar-refractivity contribution < 1.29 is 23.8 Å². The van der Waals surface area contributed by atoms with E-state index in [2.05, 4.69) is 9.72 Å². The van der Waals surface area contributed by atoms with E-state index in [1.54, 1.807) is 31.2 Å². The maximum atomic E-state index is 11.7. The zero-order chi connectivity index (χ0) is 13.8. The molecule has 0 aliphatic heterocycles. The summed E-state index contributed by atoms with van der Waals surface area (Å²) in [6.45, 7) is 1.64. The quantitative estimate of drug-likeness (QED) is 0.391. The summed E-state index contributed by atoms with van der Waals surface area (Å²) in [5.41, 5.74) is 0.636. The van der Waals surface area contributed by atoms with Crippen molar-refractivity contribution in [2.24, 2.45) is 0 Å². The third kappa shape index (κ3) is 2.47. The summed E-state index contributed by atoms with van der Waals surface area (Å²) in [7, 11) is 0. The molecule has 1 aromatic carbocycles. The van der Waals surface area contributed by atoms with Gasteiger partial charge in [-0.15, -0.1) is 0 Å². The number of fused-ring (bicyclic) bond motifs is 1. The molecule has 1 heterocycles. The summed E-state index contributed by atoms with van der Waals surface area (Å²) in [6.07, 6.45) is 0.490. The molecule has 0 aliphatic rings. The van der Waals surface area contributed by atoms with Crippen LogP contribution in [0.1, 0.15) is 12.8 Å². The van der Waals surface area contributed by atoms with Crippen LogP contribution in [0, 0.1) is 0 Å². The molecule has 0 aliphatic carbocycles. The summed E-state index contributed by atoms with van der Waals surface area (Å²) in [5, 5.41) is 9.10. The van der Waals surface area contributed by atoms with E-state index in [-0.39, 0.29) is 18.1 Å². The Kier molecular flexibility index (Phi) is 3.61. The summed E-state index contributed by atoms with van der Waals surface area (Å²) >= 11 is 0. The van der Waals surface area contributed by atoms with E-state index in [0.29, 0.717) is 17.4 Å². The fourth-order valence-electron chi connectivity index (χ4n) is 1.50. The minimum atomic E-state index is -1.06. The van der Waals surface area contributed by atoms with Crippen molar-refractivity contribution in [3.63, 3.8) is 0 Å². The second kappa shape index (κ2) is 5.34. The third-order valence-electron chi connectivity index (χ3n) is 2.36. The van der Waals surface area contributed by atoms with Crippen LogP contribution in [0.4, 0.5) is 0 Å². The Morgan fingerprint density at radius 1 is 1.42 bits per heavy atom. The van der Waals surface area contributed by atoms with Gasteiger partial charge in [0.25, 0.3) is 5.78 Å². The normalized spacial score (nSPS) is 11.5. The lowest BCUT2D eigenvalue weighted by Gasteiger charge is -2.00. The lowest BCUT2D eigenvalue weighted by Crippen LogP contribution is -2.19. The van der Waals surface area contributed by atoms with Gasteiger partial charge in [-0.2, -0.15) is 0 Å². The number of benzene rings is 1. The van der Waals surface area contributed by atoms with E-state index in [1.165, 1.54) is 0 Å². The van der Waals surface area contributed by atoms with E-state index in [0.717, 1.165) is 0 Å². The number of ether oxygens (including phenoxy) is 1. The van der Waals surface area contributed by atoms with Crippen molar-refractivity contribution in [3.05, 3.63) is 36.4 Å². The molecule has 0 radical (unpaired) electrons. The molecule has 0 fully saturated rings. The zero-order valence-electron chi connectivity index (χ0n) is 10.1. The number of oxazole rings is 1. The maximum Gasteiger partial charge on any atom is 0.380 e. The topological polar surface area (TPSA) is 89.6 Å². The van der Waals surface area contributed by atoms with Gasteiger partial charge in [0, 0.05) is 0 Å². The Hall–Kier alpha value is -2.63. The van der Waals surface area contributed by atoms with Crippen LogP contribution in [0.2, 0.25) is 0 Å². The van der Waals surface area contributed by atoms with Gasteiger partial charge < -0.3 is 14.3 Å². The number of hydrogen-bond donors (Lipinski definition) is 1. The molecule has 0 saturated heterocycles. The fourth-order valence-corrected chi connectivity index (χ4v) is 1.50. The van der Waals surface area contributed by atoms with Crippen LogP contribution in [0.3, 0.4) is 0 Å². The Morgan fingerprint density at radius 2 is 2.16 bits per heavy atom. The number of aromatic nitrogens is 1. The van der Waals surface area contributed by atoms with Gasteiger partial charge in [0.15, 0.2) is 5.58 Å². The average Bonchev–Trinajstić information content (AvgIpc) is 2.83. The molecule has 0 atom stereocenters. The first-order valence-corrected chi connectivity index (χ1v) is 5.59. The van der Waals surface area contributed by atoms with E-state index in [9.17, 15) is 9.59 Å². The highest BCUT2D eigenvalue weighted by atomic mass is 16.5. The molecule has 1 aromatic heterocycles. The Bertz CT molecular complexity index is 623. The maximum absolute atomic E-state index is 11.7. The second-order valence-electron chi connectivity index (χ2n) is 3.58. The number of carbonyl (C=O) groups excluding carboxylic acids is 2. The van der Waals surface area contributed by atoms with E-state index in [1.807, 2.05) is 0 Å². The van der Waals surface area contributed by atoms with Crippen molar-refractivity contribution >= 4 is 28.4 Å². The van der Waals surface area contributed by atoms with Crippen LogP contribution >= 0.6 is 0 Å². The lowest BCUT2D eigenvalue weighted by molar-refractivity contribution is -0.151. The highest BCUT2D eigenvalue weighted by Gasteiger charge is 2.26. The molecule has 0 bridgehead atoms. The highest BCUT2D eigenvalue weighted by Crippen LogP contribution is 2.21. The van der Waals surface area contributed by atoms with Gasteiger partial charge in [0.05, 0.1) is 12.9 Å². The molecule has 19 heavy (non-hydrogen) atoms. The van der Waals surface area contributed by atoms with Crippen LogP contribution in [0.25, 0.3) is 16.7 Å². The number of para-hydroxylation sites is 2. The molecule has 1 N–H and O–H groups in total. The SMILES string of the molecule is CCOC(=O)C(=O)/C(=C/O)c1nc2ccccc2o1. The van der Waals surface area contributed by atoms with Crippen LogP contribution in [-0.4, -0.2) is 28.4 Å². The number of Topliss-reactive ketones (excluding diaryl/α,β-unsaturated/α-hetero) is 1. The van der Waals surface area contributed by atoms with Gasteiger partial charge in [-0.05, 0) is 19.1 Å². The highest BCUT2D eigenvalue weighted by molar-refractivity contribution is 6.51. The van der Waals surface area contributed by atoms with Crippen molar-refractivity contribution in [2.75, 3.05) is 6.61 Å². The molecular weight excluding hydrogens is 250 g/mol. The number of carbonyl (C=O) groups is 2. The van der Waals surface area contributed by atoms with E-state index < -0.39 is 11.8 Å². The minimum absolute atomic E-state index is 0.0663. The van der Waals surface area contributed by atoms with Crippen molar-refractivity contribution in [2.45, 2.75) is 6.92 Å².